The van der Waals surface area contributed by atoms with Gasteiger partial charge in [0.2, 0.25) is 0 Å². The quantitative estimate of drug-likeness (QED) is 0.733. The molecular formula is C22H31NO2. The number of carbonyl (C=O) groups is 1. The summed E-state index contributed by atoms with van der Waals surface area (Å²) in [5.74, 6) is 3.41. The normalized spacial score (nSPS) is 28.2. The number of rotatable bonds is 7. The van der Waals surface area contributed by atoms with Crippen LogP contribution < -0.4 is 5.32 Å². The van der Waals surface area contributed by atoms with E-state index in [2.05, 4.69) is 25.7 Å². The van der Waals surface area contributed by atoms with Gasteiger partial charge in [-0.3, -0.25) is 4.79 Å². The van der Waals surface area contributed by atoms with Crippen molar-refractivity contribution in [3.8, 4) is 0 Å². The van der Waals surface area contributed by atoms with Gasteiger partial charge in [-0.25, -0.2) is 0 Å². The standard InChI is InChI=1S/C22H31NO2/c1-15(14-23-21(24)18-8-6-5-7-9-18)22(3,16(2)25-4)20-13-17-10-11-19(20)12-17/h5-9,15,17,19-20H,2,10-14H2,1,3-4H3,(H,23,24). The fourth-order valence-corrected chi connectivity index (χ4v) is 5.20. The highest BCUT2D eigenvalue weighted by Crippen LogP contribution is 2.58. The third-order valence-corrected chi connectivity index (χ3v) is 6.98. The van der Waals surface area contributed by atoms with Gasteiger partial charge < -0.3 is 10.1 Å². The minimum absolute atomic E-state index is 0.00854. The van der Waals surface area contributed by atoms with Gasteiger partial charge in [-0.2, -0.15) is 0 Å². The maximum absolute atomic E-state index is 12.4. The highest BCUT2D eigenvalue weighted by atomic mass is 16.5. The lowest BCUT2D eigenvalue weighted by Crippen LogP contribution is -2.44. The first-order valence-corrected chi connectivity index (χ1v) is 9.53. The molecule has 136 valence electrons. The van der Waals surface area contributed by atoms with Crippen LogP contribution in [0, 0.1) is 29.1 Å². The van der Waals surface area contributed by atoms with E-state index in [1.165, 1.54) is 25.7 Å². The Balaban J connectivity index is 1.70. The van der Waals surface area contributed by atoms with Crippen molar-refractivity contribution in [1.29, 1.82) is 0 Å². The molecule has 0 heterocycles. The first kappa shape index (κ1) is 18.0. The molecule has 5 atom stereocenters. The van der Waals surface area contributed by atoms with Crippen LogP contribution in [0.5, 0.6) is 0 Å². The fourth-order valence-electron chi connectivity index (χ4n) is 5.20. The summed E-state index contributed by atoms with van der Waals surface area (Å²) in [6.07, 6.45) is 5.36. The molecule has 0 aromatic heterocycles. The van der Waals surface area contributed by atoms with E-state index >= 15 is 0 Å². The molecule has 3 nitrogen and oxygen atoms in total. The summed E-state index contributed by atoms with van der Waals surface area (Å²) < 4.78 is 5.64. The maximum atomic E-state index is 12.4. The van der Waals surface area contributed by atoms with Crippen LogP contribution in [0.1, 0.15) is 49.9 Å². The number of ether oxygens (including phenoxy) is 1. The minimum Gasteiger partial charge on any atom is -0.501 e. The van der Waals surface area contributed by atoms with E-state index in [1.54, 1.807) is 7.11 Å². The summed E-state index contributed by atoms with van der Waals surface area (Å²) >= 11 is 0. The SMILES string of the molecule is C=C(OC)C(C)(C(C)CNC(=O)c1ccccc1)C1CC2CCC1C2. The predicted octanol–water partition coefficient (Wildman–Crippen LogP) is 4.66. The van der Waals surface area contributed by atoms with E-state index in [0.29, 0.717) is 18.0 Å². The van der Waals surface area contributed by atoms with Crippen molar-refractivity contribution in [3.63, 3.8) is 0 Å². The highest BCUT2D eigenvalue weighted by molar-refractivity contribution is 5.94. The van der Waals surface area contributed by atoms with Crippen LogP contribution in [-0.2, 0) is 4.74 Å². The average molecular weight is 341 g/mol. The molecule has 3 heteroatoms. The minimum atomic E-state index is -0.0987. The topological polar surface area (TPSA) is 38.3 Å². The van der Waals surface area contributed by atoms with Crippen molar-refractivity contribution in [2.75, 3.05) is 13.7 Å². The Morgan fingerprint density at radius 1 is 1.32 bits per heavy atom. The third-order valence-electron chi connectivity index (χ3n) is 6.98. The van der Waals surface area contributed by atoms with Crippen LogP contribution in [0.3, 0.4) is 0 Å². The molecule has 2 saturated carbocycles. The largest absolute Gasteiger partial charge is 0.501 e. The molecule has 2 bridgehead atoms. The van der Waals surface area contributed by atoms with E-state index in [-0.39, 0.29) is 17.2 Å². The average Bonchev–Trinajstić information content (AvgIpc) is 3.28. The van der Waals surface area contributed by atoms with Gasteiger partial charge in [0.05, 0.1) is 12.9 Å². The zero-order valence-electron chi connectivity index (χ0n) is 15.8. The number of allylic oxidation sites excluding steroid dienone is 1. The Morgan fingerprint density at radius 2 is 2.04 bits per heavy atom. The van der Waals surface area contributed by atoms with Gasteiger partial charge in [0.25, 0.3) is 5.91 Å². The lowest BCUT2D eigenvalue weighted by atomic mass is 9.62. The second-order valence-electron chi connectivity index (χ2n) is 8.17. The summed E-state index contributed by atoms with van der Waals surface area (Å²) in [6, 6.07) is 9.41. The number of hydrogen-bond acceptors (Lipinski definition) is 2. The lowest BCUT2D eigenvalue weighted by Gasteiger charge is -2.45. The second-order valence-corrected chi connectivity index (χ2v) is 8.17. The summed E-state index contributed by atoms with van der Waals surface area (Å²) in [4.78, 5) is 12.4. The Labute approximate surface area is 151 Å². The maximum Gasteiger partial charge on any atom is 0.251 e. The lowest BCUT2D eigenvalue weighted by molar-refractivity contribution is 0.0379. The first-order chi connectivity index (χ1) is 12.0. The molecular weight excluding hydrogens is 310 g/mol. The number of amides is 1. The van der Waals surface area contributed by atoms with Gasteiger partial charge >= 0.3 is 0 Å². The van der Waals surface area contributed by atoms with Gasteiger partial charge in [0.15, 0.2) is 0 Å². The summed E-state index contributed by atoms with van der Waals surface area (Å²) in [7, 11) is 1.73. The summed E-state index contributed by atoms with van der Waals surface area (Å²) in [6.45, 7) is 9.40. The molecule has 2 aliphatic carbocycles. The van der Waals surface area contributed by atoms with Crippen LogP contribution in [-0.4, -0.2) is 19.6 Å². The number of carbonyl (C=O) groups excluding carboxylic acids is 1. The Morgan fingerprint density at radius 3 is 2.60 bits per heavy atom. The smallest absolute Gasteiger partial charge is 0.251 e. The van der Waals surface area contributed by atoms with Crippen molar-refractivity contribution < 1.29 is 9.53 Å². The molecule has 0 spiro atoms. The van der Waals surface area contributed by atoms with E-state index in [9.17, 15) is 4.79 Å². The van der Waals surface area contributed by atoms with Crippen molar-refractivity contribution >= 4 is 5.91 Å². The van der Waals surface area contributed by atoms with Crippen molar-refractivity contribution in [2.45, 2.75) is 39.5 Å². The molecule has 1 N–H and O–H groups in total. The van der Waals surface area contributed by atoms with Crippen molar-refractivity contribution in [2.24, 2.45) is 29.1 Å². The molecule has 0 saturated heterocycles. The molecule has 0 aliphatic heterocycles. The van der Waals surface area contributed by atoms with Gasteiger partial charge in [-0.1, -0.05) is 45.0 Å². The zero-order valence-corrected chi connectivity index (χ0v) is 15.8. The van der Waals surface area contributed by atoms with Crippen LogP contribution >= 0.6 is 0 Å². The summed E-state index contributed by atoms with van der Waals surface area (Å²) in [5, 5.41) is 3.12. The first-order valence-electron chi connectivity index (χ1n) is 9.53. The zero-order chi connectivity index (χ0) is 18.0. The van der Waals surface area contributed by atoms with E-state index in [1.807, 2.05) is 30.3 Å². The van der Waals surface area contributed by atoms with Gasteiger partial charge in [-0.15, -0.1) is 0 Å². The molecule has 1 aromatic carbocycles. The third kappa shape index (κ3) is 3.33. The number of nitrogens with one attached hydrogen (secondary N) is 1. The van der Waals surface area contributed by atoms with Crippen LogP contribution in [0.25, 0.3) is 0 Å². The van der Waals surface area contributed by atoms with E-state index in [4.69, 9.17) is 4.74 Å². The molecule has 25 heavy (non-hydrogen) atoms. The Kier molecular flexibility index (Phi) is 5.21. The van der Waals surface area contributed by atoms with E-state index < -0.39 is 0 Å². The molecule has 3 rings (SSSR count). The molecule has 2 fully saturated rings. The monoisotopic (exact) mass is 341 g/mol. The fraction of sp³-hybridized carbons (Fsp3) is 0.591. The van der Waals surface area contributed by atoms with Gasteiger partial charge in [-0.05, 0) is 55.1 Å². The highest BCUT2D eigenvalue weighted by Gasteiger charge is 2.52. The van der Waals surface area contributed by atoms with Crippen LogP contribution in [0.2, 0.25) is 0 Å². The molecule has 2 aliphatic rings. The Bertz CT molecular complexity index is 626. The van der Waals surface area contributed by atoms with Crippen LogP contribution in [0.4, 0.5) is 0 Å². The molecule has 1 aromatic rings. The molecule has 5 unspecified atom stereocenters. The van der Waals surface area contributed by atoms with Gasteiger partial charge in [0, 0.05) is 17.5 Å². The Hall–Kier alpha value is -1.77. The number of hydrogen-bond donors (Lipinski definition) is 1. The molecule has 0 radical (unpaired) electrons. The van der Waals surface area contributed by atoms with Crippen molar-refractivity contribution in [3.05, 3.63) is 48.2 Å². The van der Waals surface area contributed by atoms with Crippen molar-refractivity contribution in [1.82, 2.24) is 5.32 Å². The summed E-state index contributed by atoms with van der Waals surface area (Å²) in [5.41, 5.74) is 0.611. The number of benzene rings is 1. The van der Waals surface area contributed by atoms with E-state index in [0.717, 1.165) is 17.6 Å². The number of fused-ring (bicyclic) bond motifs is 2. The van der Waals surface area contributed by atoms with Gasteiger partial charge in [0.1, 0.15) is 0 Å². The predicted molar refractivity (Wildman–Crippen MR) is 101 cm³/mol. The number of methoxy groups -OCH3 is 1. The second kappa shape index (κ2) is 7.23. The van der Waals surface area contributed by atoms with Crippen LogP contribution in [0.15, 0.2) is 42.7 Å². The molecule has 1 amide bonds.